The van der Waals surface area contributed by atoms with Crippen LogP contribution in [-0.2, 0) is 4.79 Å². The van der Waals surface area contributed by atoms with Gasteiger partial charge in [0, 0.05) is 11.7 Å². The second kappa shape index (κ2) is 9.92. The molecular weight excluding hydrogens is 401 g/mol. The fraction of sp³-hybridized carbons (Fsp3) is 0.591. The van der Waals surface area contributed by atoms with E-state index in [1.807, 2.05) is 4.57 Å². The van der Waals surface area contributed by atoms with Crippen molar-refractivity contribution in [3.63, 3.8) is 0 Å². The topological polar surface area (TPSA) is 63.1 Å². The molecule has 1 aromatic carbocycles. The lowest BCUT2D eigenvalue weighted by atomic mass is 10.1. The van der Waals surface area contributed by atoms with E-state index in [0.29, 0.717) is 17.0 Å². The summed E-state index contributed by atoms with van der Waals surface area (Å²) in [4.78, 5) is 14.8. The Kier molecular flexibility index (Phi) is 7.04. The first-order chi connectivity index (χ1) is 14.6. The number of rotatable bonds is 7. The largest absolute Gasteiger partial charge is 0.353 e. The zero-order valence-electron chi connectivity index (χ0n) is 17.5. The molecule has 2 aromatic rings. The van der Waals surface area contributed by atoms with Gasteiger partial charge in [-0.2, -0.15) is 0 Å². The first kappa shape index (κ1) is 21.3. The zero-order valence-corrected chi connectivity index (χ0v) is 18.3. The molecule has 8 heteroatoms. The van der Waals surface area contributed by atoms with Gasteiger partial charge in [-0.05, 0) is 70.0 Å². The monoisotopic (exact) mass is 431 g/mol. The fourth-order valence-electron chi connectivity index (χ4n) is 4.42. The summed E-state index contributed by atoms with van der Waals surface area (Å²) in [5.41, 5.74) is 0.818. The summed E-state index contributed by atoms with van der Waals surface area (Å²) in [7, 11) is 0. The molecule has 2 heterocycles. The van der Waals surface area contributed by atoms with Gasteiger partial charge in [-0.1, -0.05) is 31.0 Å². The lowest BCUT2D eigenvalue weighted by Crippen LogP contribution is -2.34. The van der Waals surface area contributed by atoms with Crippen LogP contribution >= 0.6 is 11.8 Å². The van der Waals surface area contributed by atoms with E-state index in [9.17, 15) is 9.18 Å². The van der Waals surface area contributed by atoms with Gasteiger partial charge in [-0.15, -0.1) is 10.2 Å². The molecule has 1 amide bonds. The molecule has 4 rings (SSSR count). The van der Waals surface area contributed by atoms with Crippen molar-refractivity contribution in [1.82, 2.24) is 25.0 Å². The van der Waals surface area contributed by atoms with Crippen molar-refractivity contribution in [2.45, 2.75) is 69.1 Å². The van der Waals surface area contributed by atoms with Crippen LogP contribution in [0.2, 0.25) is 0 Å². The first-order valence-corrected chi connectivity index (χ1v) is 12.0. The Morgan fingerprint density at radius 3 is 2.53 bits per heavy atom. The maximum atomic E-state index is 13.5. The number of aromatic nitrogens is 3. The minimum atomic E-state index is -0.275. The number of hydrogen-bond donors (Lipinski definition) is 1. The molecule has 0 bridgehead atoms. The zero-order chi connectivity index (χ0) is 20.9. The van der Waals surface area contributed by atoms with Gasteiger partial charge in [0.2, 0.25) is 5.91 Å². The van der Waals surface area contributed by atoms with Gasteiger partial charge in [0.15, 0.2) is 11.0 Å². The molecule has 6 nitrogen and oxygen atoms in total. The molecule has 1 aliphatic heterocycles. The molecule has 1 saturated heterocycles. The van der Waals surface area contributed by atoms with Gasteiger partial charge in [0.25, 0.3) is 0 Å². The Labute approximate surface area is 181 Å². The second-order valence-corrected chi connectivity index (χ2v) is 9.21. The minimum absolute atomic E-state index is 0.0335. The molecule has 1 aromatic heterocycles. The van der Waals surface area contributed by atoms with Crippen molar-refractivity contribution in [2.24, 2.45) is 0 Å². The van der Waals surface area contributed by atoms with E-state index in [-0.39, 0.29) is 17.8 Å². The van der Waals surface area contributed by atoms with Crippen molar-refractivity contribution in [3.05, 3.63) is 35.9 Å². The highest BCUT2D eigenvalue weighted by molar-refractivity contribution is 7.99. The standard InChI is InChI=1S/C22H30FN5OS/c1-16(27-13-5-2-6-14-27)21-25-26-22(28(21)19-11-9-17(23)10-12-19)30-15-20(29)24-18-7-3-4-8-18/h9-12,16,18H,2-8,13-15H2,1H3,(H,24,29). The number of amides is 1. The first-order valence-electron chi connectivity index (χ1n) is 11.0. The summed E-state index contributed by atoms with van der Waals surface area (Å²) < 4.78 is 15.5. The van der Waals surface area contributed by atoms with Gasteiger partial charge >= 0.3 is 0 Å². The van der Waals surface area contributed by atoms with Gasteiger partial charge in [-0.3, -0.25) is 14.3 Å². The highest BCUT2D eigenvalue weighted by Gasteiger charge is 2.26. The van der Waals surface area contributed by atoms with Crippen LogP contribution in [-0.4, -0.2) is 50.5 Å². The van der Waals surface area contributed by atoms with Crippen molar-refractivity contribution in [2.75, 3.05) is 18.8 Å². The van der Waals surface area contributed by atoms with Crippen LogP contribution in [0.25, 0.3) is 5.69 Å². The number of nitrogens with one attached hydrogen (secondary N) is 1. The van der Waals surface area contributed by atoms with Crippen molar-refractivity contribution >= 4 is 17.7 Å². The van der Waals surface area contributed by atoms with Crippen LogP contribution in [0.3, 0.4) is 0 Å². The highest BCUT2D eigenvalue weighted by Crippen LogP contribution is 2.29. The highest BCUT2D eigenvalue weighted by atomic mass is 32.2. The lowest BCUT2D eigenvalue weighted by molar-refractivity contribution is -0.119. The number of nitrogens with zero attached hydrogens (tertiary/aromatic N) is 4. The summed E-state index contributed by atoms with van der Waals surface area (Å²) in [6, 6.07) is 6.80. The SMILES string of the molecule is CC(c1nnc(SCC(=O)NC2CCCC2)n1-c1ccc(F)cc1)N1CCCCC1. The maximum absolute atomic E-state index is 13.5. The molecule has 0 radical (unpaired) electrons. The Morgan fingerprint density at radius 1 is 1.13 bits per heavy atom. The summed E-state index contributed by atoms with van der Waals surface area (Å²) >= 11 is 1.39. The smallest absolute Gasteiger partial charge is 0.230 e. The maximum Gasteiger partial charge on any atom is 0.230 e. The average Bonchev–Trinajstić information content (AvgIpc) is 3.43. The van der Waals surface area contributed by atoms with Gasteiger partial charge < -0.3 is 5.32 Å². The van der Waals surface area contributed by atoms with E-state index in [4.69, 9.17) is 0 Å². The van der Waals surface area contributed by atoms with E-state index in [1.54, 1.807) is 12.1 Å². The lowest BCUT2D eigenvalue weighted by Gasteiger charge is -2.31. The van der Waals surface area contributed by atoms with E-state index < -0.39 is 0 Å². The van der Waals surface area contributed by atoms with E-state index in [2.05, 4.69) is 27.3 Å². The Hall–Kier alpha value is -1.93. The van der Waals surface area contributed by atoms with Crippen LogP contribution < -0.4 is 5.32 Å². The van der Waals surface area contributed by atoms with E-state index in [0.717, 1.165) is 37.4 Å². The number of hydrogen-bond acceptors (Lipinski definition) is 5. The third kappa shape index (κ3) is 5.03. The molecule has 2 fully saturated rings. The molecule has 1 saturated carbocycles. The number of carbonyl (C=O) groups excluding carboxylic acids is 1. The summed E-state index contributed by atoms with van der Waals surface area (Å²) in [6.07, 6.45) is 8.17. The average molecular weight is 432 g/mol. The van der Waals surface area contributed by atoms with Gasteiger partial charge in [0.1, 0.15) is 5.82 Å². The van der Waals surface area contributed by atoms with Crippen LogP contribution in [0.5, 0.6) is 0 Å². The third-order valence-electron chi connectivity index (χ3n) is 6.11. The molecule has 2 aliphatic rings. The minimum Gasteiger partial charge on any atom is -0.353 e. The predicted octanol–water partition coefficient (Wildman–Crippen LogP) is 4.10. The normalized spacial score (nSPS) is 19.1. The Morgan fingerprint density at radius 2 is 1.83 bits per heavy atom. The summed E-state index contributed by atoms with van der Waals surface area (Å²) in [5.74, 6) is 0.893. The molecule has 1 N–H and O–H groups in total. The van der Waals surface area contributed by atoms with Crippen molar-refractivity contribution in [1.29, 1.82) is 0 Å². The second-order valence-electron chi connectivity index (χ2n) is 8.26. The molecule has 162 valence electrons. The molecule has 0 spiro atoms. The van der Waals surface area contributed by atoms with Gasteiger partial charge in [0.05, 0.1) is 11.8 Å². The van der Waals surface area contributed by atoms with Crippen LogP contribution in [0.15, 0.2) is 29.4 Å². The van der Waals surface area contributed by atoms with E-state index in [1.165, 1.54) is 56.0 Å². The molecule has 1 aliphatic carbocycles. The van der Waals surface area contributed by atoms with Crippen LogP contribution in [0.1, 0.15) is 63.7 Å². The number of benzene rings is 1. The number of halogens is 1. The number of carbonyl (C=O) groups is 1. The van der Waals surface area contributed by atoms with E-state index >= 15 is 0 Å². The number of thioether (sulfide) groups is 1. The molecule has 1 unspecified atom stereocenters. The summed E-state index contributed by atoms with van der Waals surface area (Å²) in [6.45, 7) is 4.24. The summed E-state index contributed by atoms with van der Waals surface area (Å²) in [5, 5.41) is 12.7. The number of piperidine rings is 1. The van der Waals surface area contributed by atoms with Gasteiger partial charge in [-0.25, -0.2) is 4.39 Å². The molecule has 30 heavy (non-hydrogen) atoms. The quantitative estimate of drug-likeness (QED) is 0.669. The van der Waals surface area contributed by atoms with Crippen LogP contribution in [0, 0.1) is 5.82 Å². The fourth-order valence-corrected chi connectivity index (χ4v) is 5.19. The predicted molar refractivity (Wildman–Crippen MR) is 116 cm³/mol. The van der Waals surface area contributed by atoms with Crippen molar-refractivity contribution in [3.8, 4) is 5.69 Å². The Balaban J connectivity index is 1.54. The third-order valence-corrected chi connectivity index (χ3v) is 7.04. The van der Waals surface area contributed by atoms with Crippen molar-refractivity contribution < 1.29 is 9.18 Å². The molecular formula is C22H30FN5OS. The number of likely N-dealkylation sites (tertiary alicyclic amines) is 1. The molecule has 1 atom stereocenters. The van der Waals surface area contributed by atoms with Crippen LogP contribution in [0.4, 0.5) is 4.39 Å². The Bertz CT molecular complexity index is 844.